The zero-order valence-corrected chi connectivity index (χ0v) is 17.2. The lowest BCUT2D eigenvalue weighted by molar-refractivity contribution is -0.122. The third-order valence-corrected chi connectivity index (χ3v) is 8.76. The Hall–Kier alpha value is -1.76. The lowest BCUT2D eigenvalue weighted by atomic mass is 10.2. The minimum atomic E-state index is -4.19. The summed E-state index contributed by atoms with van der Waals surface area (Å²) >= 11 is 0.903. The maximum absolute atomic E-state index is 12.6. The standard InChI is InChI=1S/C15H19N3O6S3/c1-3-26(21,22)18-8-4-5-12(18)14(19)16-27(23,24)10-6-7-11-13(9-10)25-15(20)17(11)2/h6-7,9,12H,3-5,8H2,1-2H3,(H,16,19)/t12-/m0/s1. The minimum absolute atomic E-state index is 0.159. The number of carbonyl (C=O) groups is 1. The number of fused-ring (bicyclic) bond motifs is 1. The van der Waals surface area contributed by atoms with Gasteiger partial charge in [-0.25, -0.2) is 21.6 Å². The lowest BCUT2D eigenvalue weighted by Crippen LogP contribution is -2.47. The van der Waals surface area contributed by atoms with Gasteiger partial charge >= 0.3 is 4.87 Å². The Morgan fingerprint density at radius 2 is 2.00 bits per heavy atom. The third kappa shape index (κ3) is 3.66. The van der Waals surface area contributed by atoms with E-state index in [0.717, 1.165) is 15.6 Å². The summed E-state index contributed by atoms with van der Waals surface area (Å²) < 4.78 is 54.3. The highest BCUT2D eigenvalue weighted by Crippen LogP contribution is 2.24. The van der Waals surface area contributed by atoms with Crippen LogP contribution >= 0.6 is 11.3 Å². The van der Waals surface area contributed by atoms with Crippen molar-refractivity contribution in [3.63, 3.8) is 0 Å². The van der Waals surface area contributed by atoms with Crippen LogP contribution in [0.4, 0.5) is 0 Å². The average Bonchev–Trinajstić information content (AvgIpc) is 3.20. The van der Waals surface area contributed by atoms with Crippen molar-refractivity contribution in [2.45, 2.75) is 30.7 Å². The fraction of sp³-hybridized carbons (Fsp3) is 0.467. The summed E-state index contributed by atoms with van der Waals surface area (Å²) in [5.41, 5.74) is 0.589. The minimum Gasteiger partial charge on any atom is -0.302 e. The van der Waals surface area contributed by atoms with Crippen LogP contribution in [0.5, 0.6) is 0 Å². The molecule has 148 valence electrons. The van der Waals surface area contributed by atoms with E-state index in [2.05, 4.69) is 0 Å². The van der Waals surface area contributed by atoms with Crippen LogP contribution in [-0.2, 0) is 31.9 Å². The van der Waals surface area contributed by atoms with Crippen molar-refractivity contribution >= 4 is 47.5 Å². The second-order valence-corrected chi connectivity index (χ2v) is 11.1. The molecular weight excluding hydrogens is 414 g/mol. The van der Waals surface area contributed by atoms with Gasteiger partial charge < -0.3 is 4.57 Å². The number of aryl methyl sites for hydroxylation is 1. The quantitative estimate of drug-likeness (QED) is 0.720. The first-order valence-corrected chi connectivity index (χ1v) is 12.1. The molecule has 1 atom stereocenters. The number of thiazole rings is 1. The smallest absolute Gasteiger partial charge is 0.302 e. The number of aromatic nitrogens is 1. The topological polar surface area (TPSA) is 123 Å². The highest BCUT2D eigenvalue weighted by Gasteiger charge is 2.39. The van der Waals surface area contributed by atoms with Gasteiger partial charge in [0.2, 0.25) is 10.0 Å². The number of amides is 1. The first kappa shape index (κ1) is 20.0. The molecule has 1 saturated heterocycles. The van der Waals surface area contributed by atoms with E-state index >= 15 is 0 Å². The van der Waals surface area contributed by atoms with Gasteiger partial charge in [0.05, 0.1) is 20.9 Å². The van der Waals surface area contributed by atoms with Crippen molar-refractivity contribution < 1.29 is 21.6 Å². The molecule has 1 aliphatic heterocycles. The van der Waals surface area contributed by atoms with Gasteiger partial charge in [0.1, 0.15) is 6.04 Å². The summed E-state index contributed by atoms with van der Waals surface area (Å²) in [7, 11) is -6.21. The predicted molar refractivity (Wildman–Crippen MR) is 102 cm³/mol. The van der Waals surface area contributed by atoms with Crippen LogP contribution in [0, 0.1) is 0 Å². The van der Waals surface area contributed by atoms with Gasteiger partial charge in [-0.15, -0.1) is 0 Å². The first-order chi connectivity index (χ1) is 12.6. The Morgan fingerprint density at radius 3 is 2.67 bits per heavy atom. The number of nitrogens with one attached hydrogen (secondary N) is 1. The Balaban J connectivity index is 1.88. The van der Waals surface area contributed by atoms with Crippen molar-refractivity contribution in [3.05, 3.63) is 27.9 Å². The van der Waals surface area contributed by atoms with Crippen LogP contribution in [0.25, 0.3) is 10.2 Å². The summed E-state index contributed by atoms with van der Waals surface area (Å²) in [6.45, 7) is 1.66. The van der Waals surface area contributed by atoms with Crippen LogP contribution in [0.2, 0.25) is 0 Å². The molecule has 0 radical (unpaired) electrons. The third-order valence-electron chi connectivity index (χ3n) is 4.54. The van der Waals surface area contributed by atoms with Crippen LogP contribution in [-0.4, -0.2) is 50.0 Å². The molecule has 1 aromatic heterocycles. The molecule has 27 heavy (non-hydrogen) atoms. The lowest BCUT2D eigenvalue weighted by Gasteiger charge is -2.22. The first-order valence-electron chi connectivity index (χ1n) is 8.22. The number of carbonyl (C=O) groups excluding carboxylic acids is 1. The number of benzene rings is 1. The molecule has 3 rings (SSSR count). The second kappa shape index (κ2) is 7.00. The van der Waals surface area contributed by atoms with Crippen LogP contribution in [0.3, 0.4) is 0 Å². The molecule has 0 bridgehead atoms. The van der Waals surface area contributed by atoms with Gasteiger partial charge in [-0.05, 0) is 38.0 Å². The van der Waals surface area contributed by atoms with E-state index < -0.39 is 32.0 Å². The van der Waals surface area contributed by atoms with E-state index in [1.807, 2.05) is 4.72 Å². The molecule has 1 aromatic carbocycles. The normalized spacial score (nSPS) is 18.8. The van der Waals surface area contributed by atoms with Crippen molar-refractivity contribution in [3.8, 4) is 0 Å². The van der Waals surface area contributed by atoms with Crippen molar-refractivity contribution in [2.24, 2.45) is 7.05 Å². The molecule has 0 aliphatic carbocycles. The Morgan fingerprint density at radius 1 is 1.30 bits per heavy atom. The maximum atomic E-state index is 12.6. The highest BCUT2D eigenvalue weighted by molar-refractivity contribution is 7.90. The van der Waals surface area contributed by atoms with Gasteiger partial charge in [0.25, 0.3) is 15.9 Å². The molecule has 2 aromatic rings. The summed E-state index contributed by atoms with van der Waals surface area (Å²) in [5.74, 6) is -1.03. The van der Waals surface area contributed by atoms with E-state index in [4.69, 9.17) is 0 Å². The molecular formula is C15H19N3O6S3. The van der Waals surface area contributed by atoms with E-state index in [1.165, 1.54) is 29.7 Å². The highest BCUT2D eigenvalue weighted by atomic mass is 32.2. The molecule has 1 fully saturated rings. The summed E-state index contributed by atoms with van der Waals surface area (Å²) in [4.78, 5) is 23.8. The summed E-state index contributed by atoms with van der Waals surface area (Å²) in [6.07, 6.45) is 0.751. The van der Waals surface area contributed by atoms with E-state index in [1.54, 1.807) is 7.05 Å². The summed E-state index contributed by atoms with van der Waals surface area (Å²) in [6, 6.07) is 3.09. The zero-order valence-electron chi connectivity index (χ0n) is 14.7. The molecule has 2 heterocycles. The molecule has 9 nitrogen and oxygen atoms in total. The largest absolute Gasteiger partial charge is 0.307 e. The molecule has 1 N–H and O–H groups in total. The molecule has 12 heteroatoms. The van der Waals surface area contributed by atoms with Gasteiger partial charge in [-0.1, -0.05) is 11.3 Å². The van der Waals surface area contributed by atoms with Gasteiger partial charge in [0.15, 0.2) is 0 Å². The van der Waals surface area contributed by atoms with Crippen molar-refractivity contribution in [1.29, 1.82) is 0 Å². The van der Waals surface area contributed by atoms with E-state index in [-0.39, 0.29) is 28.5 Å². The van der Waals surface area contributed by atoms with Gasteiger partial charge in [0, 0.05) is 13.6 Å². The predicted octanol–water partition coefficient (Wildman–Crippen LogP) is 0.219. The number of hydrogen-bond donors (Lipinski definition) is 1. The van der Waals surface area contributed by atoms with Crippen LogP contribution in [0.15, 0.2) is 27.9 Å². The SMILES string of the molecule is CCS(=O)(=O)N1CCC[C@H]1C(=O)NS(=O)(=O)c1ccc2c(c1)sc(=O)n2C. The monoisotopic (exact) mass is 433 g/mol. The van der Waals surface area contributed by atoms with E-state index in [0.29, 0.717) is 16.6 Å². The molecule has 1 amide bonds. The zero-order chi connectivity index (χ0) is 20.0. The van der Waals surface area contributed by atoms with Crippen LogP contribution in [0.1, 0.15) is 19.8 Å². The second-order valence-electron chi connectivity index (χ2n) is 6.20. The van der Waals surface area contributed by atoms with E-state index in [9.17, 15) is 26.4 Å². The number of sulfonamides is 2. The molecule has 0 spiro atoms. The molecule has 0 unspecified atom stereocenters. The maximum Gasteiger partial charge on any atom is 0.307 e. The Labute approximate surface area is 160 Å². The fourth-order valence-electron chi connectivity index (χ4n) is 3.04. The molecule has 1 aliphatic rings. The average molecular weight is 434 g/mol. The fourth-order valence-corrected chi connectivity index (χ4v) is 6.40. The van der Waals surface area contributed by atoms with Gasteiger partial charge in [-0.3, -0.25) is 9.59 Å². The Bertz CT molecular complexity index is 1160. The Kier molecular flexibility index (Phi) is 5.18. The number of rotatable bonds is 5. The van der Waals surface area contributed by atoms with Crippen molar-refractivity contribution in [2.75, 3.05) is 12.3 Å². The van der Waals surface area contributed by atoms with Gasteiger partial charge in [-0.2, -0.15) is 4.31 Å². The summed E-state index contributed by atoms with van der Waals surface area (Å²) in [5, 5.41) is 0. The molecule has 0 saturated carbocycles. The number of hydrogen-bond acceptors (Lipinski definition) is 7. The van der Waals surface area contributed by atoms with Crippen molar-refractivity contribution in [1.82, 2.24) is 13.6 Å². The number of nitrogens with zero attached hydrogens (tertiary/aromatic N) is 2. The van der Waals surface area contributed by atoms with Crippen LogP contribution < -0.4 is 9.60 Å².